The van der Waals surface area contributed by atoms with Crippen LogP contribution in [0.5, 0.6) is 0 Å². The van der Waals surface area contributed by atoms with Crippen molar-refractivity contribution < 1.29 is 0 Å². The Morgan fingerprint density at radius 3 is 2.58 bits per heavy atom. The molecule has 19 heavy (non-hydrogen) atoms. The Balaban J connectivity index is 2.32. The number of para-hydroxylation sites is 1. The van der Waals surface area contributed by atoms with Crippen molar-refractivity contribution in [1.29, 1.82) is 0 Å². The average Bonchev–Trinajstić information content (AvgIpc) is 2.48. The number of pyridine rings is 1. The summed E-state index contributed by atoms with van der Waals surface area (Å²) in [5.74, 6) is 0.710. The van der Waals surface area contributed by atoms with Crippen molar-refractivity contribution in [3.05, 3.63) is 60.6 Å². The van der Waals surface area contributed by atoms with E-state index in [0.29, 0.717) is 5.82 Å². The maximum Gasteiger partial charge on any atom is 0.152 e. The Bertz CT molecular complexity index is 733. The summed E-state index contributed by atoms with van der Waals surface area (Å²) in [5.41, 5.74) is 2.68. The maximum absolute atomic E-state index is 4.60. The molecule has 0 unspecified atom stereocenters. The third kappa shape index (κ3) is 2.22. The first-order chi connectivity index (χ1) is 9.38. The van der Waals surface area contributed by atoms with Crippen LogP contribution in [0.1, 0.15) is 12.7 Å². The smallest absolute Gasteiger partial charge is 0.152 e. The van der Waals surface area contributed by atoms with Crippen LogP contribution in [0.3, 0.4) is 0 Å². The second-order valence-corrected chi connectivity index (χ2v) is 4.16. The van der Waals surface area contributed by atoms with Gasteiger partial charge in [0.15, 0.2) is 5.82 Å². The molecule has 0 radical (unpaired) electrons. The van der Waals surface area contributed by atoms with Gasteiger partial charge in [0.1, 0.15) is 5.69 Å². The molecule has 0 aliphatic rings. The third-order valence-corrected chi connectivity index (χ3v) is 2.84. The van der Waals surface area contributed by atoms with Crippen LogP contribution in [0.2, 0.25) is 0 Å². The van der Waals surface area contributed by atoms with E-state index in [4.69, 9.17) is 0 Å². The third-order valence-electron chi connectivity index (χ3n) is 2.84. The maximum atomic E-state index is 4.60. The van der Waals surface area contributed by atoms with E-state index in [0.717, 1.165) is 22.3 Å². The van der Waals surface area contributed by atoms with Crippen LogP contribution < -0.4 is 0 Å². The summed E-state index contributed by atoms with van der Waals surface area (Å²) in [4.78, 5) is 13.5. The van der Waals surface area contributed by atoms with E-state index in [9.17, 15) is 0 Å². The van der Waals surface area contributed by atoms with Crippen molar-refractivity contribution in [2.24, 2.45) is 0 Å². The number of allylic oxidation sites excluding steroid dienone is 1. The number of hydrogen-bond donors (Lipinski definition) is 0. The zero-order valence-electron chi connectivity index (χ0n) is 10.6. The van der Waals surface area contributed by atoms with E-state index in [-0.39, 0.29) is 0 Å². The second kappa shape index (κ2) is 4.98. The predicted molar refractivity (Wildman–Crippen MR) is 77.5 cm³/mol. The molecule has 3 heteroatoms. The number of hydrogen-bond acceptors (Lipinski definition) is 3. The fraction of sp³-hybridized carbons (Fsp3) is 0.0625. The molecule has 92 valence electrons. The van der Waals surface area contributed by atoms with Gasteiger partial charge in [-0.05, 0) is 31.2 Å². The average molecular weight is 247 g/mol. The van der Waals surface area contributed by atoms with Crippen LogP contribution in [0.15, 0.2) is 54.7 Å². The number of nitrogens with zero attached hydrogens (tertiary/aromatic N) is 3. The largest absolute Gasteiger partial charge is 0.255 e. The highest BCUT2D eigenvalue weighted by molar-refractivity contribution is 5.91. The second-order valence-electron chi connectivity index (χ2n) is 4.16. The summed E-state index contributed by atoms with van der Waals surface area (Å²) in [6.45, 7) is 1.96. The van der Waals surface area contributed by atoms with Crippen LogP contribution in [0.25, 0.3) is 28.4 Å². The molecule has 3 aromatic rings. The summed E-state index contributed by atoms with van der Waals surface area (Å²) >= 11 is 0. The van der Waals surface area contributed by atoms with E-state index < -0.39 is 0 Å². The van der Waals surface area contributed by atoms with Crippen molar-refractivity contribution >= 4 is 17.0 Å². The molecule has 2 aromatic heterocycles. The van der Waals surface area contributed by atoms with E-state index in [1.165, 1.54) is 0 Å². The standard InChI is InChI=1S/C16H13N3/c1-2-7-15-18-13-9-4-3-8-12(13)16(19-15)14-10-5-6-11-17-14/h2-11H,1H3/b7-2+. The minimum absolute atomic E-state index is 0.710. The zero-order valence-corrected chi connectivity index (χ0v) is 10.6. The lowest BCUT2D eigenvalue weighted by Gasteiger charge is -2.06. The van der Waals surface area contributed by atoms with Crippen LogP contribution in [0.4, 0.5) is 0 Å². The summed E-state index contributed by atoms with van der Waals surface area (Å²) in [5, 5.41) is 1.02. The molecule has 0 N–H and O–H groups in total. The zero-order chi connectivity index (χ0) is 13.1. The highest BCUT2D eigenvalue weighted by Crippen LogP contribution is 2.24. The van der Waals surface area contributed by atoms with Crippen LogP contribution in [0, 0.1) is 0 Å². The molecule has 0 amide bonds. The highest BCUT2D eigenvalue weighted by Gasteiger charge is 2.08. The van der Waals surface area contributed by atoms with Gasteiger partial charge in [-0.15, -0.1) is 0 Å². The molecular weight excluding hydrogens is 234 g/mol. The molecule has 0 saturated heterocycles. The molecule has 0 fully saturated rings. The number of fused-ring (bicyclic) bond motifs is 1. The Labute approximate surface area is 111 Å². The van der Waals surface area contributed by atoms with E-state index in [2.05, 4.69) is 15.0 Å². The van der Waals surface area contributed by atoms with Crippen LogP contribution >= 0.6 is 0 Å². The van der Waals surface area contributed by atoms with Gasteiger partial charge in [-0.2, -0.15) is 0 Å². The van der Waals surface area contributed by atoms with Gasteiger partial charge < -0.3 is 0 Å². The topological polar surface area (TPSA) is 38.7 Å². The molecule has 3 nitrogen and oxygen atoms in total. The minimum atomic E-state index is 0.710. The van der Waals surface area contributed by atoms with E-state index in [1.54, 1.807) is 6.20 Å². The van der Waals surface area contributed by atoms with Crippen LogP contribution in [-0.2, 0) is 0 Å². The lowest BCUT2D eigenvalue weighted by molar-refractivity contribution is 1.17. The molecule has 0 bridgehead atoms. The van der Waals surface area contributed by atoms with Gasteiger partial charge in [0.25, 0.3) is 0 Å². The SMILES string of the molecule is C/C=C/c1nc(-c2ccccn2)c2ccccc2n1. The van der Waals surface area contributed by atoms with Crippen LogP contribution in [-0.4, -0.2) is 15.0 Å². The summed E-state index contributed by atoms with van der Waals surface area (Å²) in [7, 11) is 0. The molecular formula is C16H13N3. The molecule has 0 spiro atoms. The normalized spacial score (nSPS) is 11.2. The number of benzene rings is 1. The monoisotopic (exact) mass is 247 g/mol. The van der Waals surface area contributed by atoms with E-state index in [1.807, 2.05) is 61.5 Å². The van der Waals surface area contributed by atoms with Gasteiger partial charge >= 0.3 is 0 Å². The molecule has 0 aliphatic heterocycles. The fourth-order valence-electron chi connectivity index (χ4n) is 2.02. The molecule has 1 aromatic carbocycles. The highest BCUT2D eigenvalue weighted by atomic mass is 14.9. The summed E-state index contributed by atoms with van der Waals surface area (Å²) in [6.07, 6.45) is 5.62. The Morgan fingerprint density at radius 1 is 0.947 bits per heavy atom. The van der Waals surface area contributed by atoms with Gasteiger partial charge in [-0.1, -0.05) is 30.3 Å². The van der Waals surface area contributed by atoms with Crippen molar-refractivity contribution in [2.45, 2.75) is 6.92 Å². The predicted octanol–water partition coefficient (Wildman–Crippen LogP) is 3.72. The van der Waals surface area contributed by atoms with Crippen molar-refractivity contribution in [3.63, 3.8) is 0 Å². The Morgan fingerprint density at radius 2 is 1.79 bits per heavy atom. The lowest BCUT2D eigenvalue weighted by Crippen LogP contribution is -1.95. The van der Waals surface area contributed by atoms with Gasteiger partial charge in [-0.3, -0.25) is 4.98 Å². The number of aromatic nitrogens is 3. The minimum Gasteiger partial charge on any atom is -0.255 e. The van der Waals surface area contributed by atoms with Crippen molar-refractivity contribution in [3.8, 4) is 11.4 Å². The first-order valence-electron chi connectivity index (χ1n) is 6.19. The van der Waals surface area contributed by atoms with Crippen molar-refractivity contribution in [2.75, 3.05) is 0 Å². The van der Waals surface area contributed by atoms with Gasteiger partial charge in [0.05, 0.1) is 11.2 Å². The summed E-state index contributed by atoms with van der Waals surface area (Å²) < 4.78 is 0. The van der Waals surface area contributed by atoms with Gasteiger partial charge in [0, 0.05) is 11.6 Å². The lowest BCUT2D eigenvalue weighted by atomic mass is 10.1. The first-order valence-corrected chi connectivity index (χ1v) is 6.19. The van der Waals surface area contributed by atoms with Gasteiger partial charge in [0.2, 0.25) is 0 Å². The molecule has 2 heterocycles. The van der Waals surface area contributed by atoms with Crippen molar-refractivity contribution in [1.82, 2.24) is 15.0 Å². The Kier molecular flexibility index (Phi) is 3.02. The molecule has 0 aliphatic carbocycles. The number of rotatable bonds is 2. The fourth-order valence-corrected chi connectivity index (χ4v) is 2.02. The Hall–Kier alpha value is -2.55. The quantitative estimate of drug-likeness (QED) is 0.692. The molecule has 0 saturated carbocycles. The molecule has 0 atom stereocenters. The molecule has 3 rings (SSSR count). The first kappa shape index (κ1) is 11.5. The van der Waals surface area contributed by atoms with Gasteiger partial charge in [-0.25, -0.2) is 9.97 Å². The summed E-state index contributed by atoms with van der Waals surface area (Å²) in [6, 6.07) is 13.8. The van der Waals surface area contributed by atoms with E-state index >= 15 is 0 Å².